The Morgan fingerprint density at radius 3 is 2.41 bits per heavy atom. The summed E-state index contributed by atoms with van der Waals surface area (Å²) in [7, 11) is 1.45. The highest BCUT2D eigenvalue weighted by atomic mass is 35.5. The van der Waals surface area contributed by atoms with Crippen molar-refractivity contribution in [2.24, 2.45) is 0 Å². The van der Waals surface area contributed by atoms with Gasteiger partial charge in [0, 0.05) is 10.6 Å². The maximum atomic E-state index is 12.2. The van der Waals surface area contributed by atoms with Gasteiger partial charge in [0.25, 0.3) is 5.91 Å². The number of ether oxygens (including phenoxy) is 2. The number of aliphatic carboxylic acids is 1. The lowest BCUT2D eigenvalue weighted by Crippen LogP contribution is -2.46. The molecule has 0 radical (unpaired) electrons. The topological polar surface area (TPSA) is 105 Å². The van der Waals surface area contributed by atoms with Crippen molar-refractivity contribution in [3.05, 3.63) is 58.6 Å². The molecule has 0 aliphatic rings. The van der Waals surface area contributed by atoms with E-state index in [4.69, 9.17) is 26.2 Å². The lowest BCUT2D eigenvalue weighted by atomic mass is 10.1. The van der Waals surface area contributed by atoms with Crippen LogP contribution in [-0.2, 0) is 11.4 Å². The highest BCUT2D eigenvalue weighted by Crippen LogP contribution is 2.29. The third-order valence-electron chi connectivity index (χ3n) is 3.79. The van der Waals surface area contributed by atoms with Crippen LogP contribution < -0.4 is 14.8 Å². The number of hydrogen-bond acceptors (Lipinski definition) is 5. The van der Waals surface area contributed by atoms with Crippen LogP contribution in [0.5, 0.6) is 11.5 Å². The van der Waals surface area contributed by atoms with Crippen molar-refractivity contribution in [3.8, 4) is 11.5 Å². The number of aliphatic hydroxyl groups is 1. The molecule has 0 aliphatic carbocycles. The van der Waals surface area contributed by atoms with Gasteiger partial charge in [0.2, 0.25) is 0 Å². The molecule has 8 heteroatoms. The van der Waals surface area contributed by atoms with Crippen molar-refractivity contribution in [3.63, 3.8) is 0 Å². The molecule has 0 spiro atoms. The van der Waals surface area contributed by atoms with E-state index in [1.807, 2.05) is 12.1 Å². The van der Waals surface area contributed by atoms with Crippen molar-refractivity contribution in [1.29, 1.82) is 0 Å². The first-order valence-corrected chi connectivity index (χ1v) is 8.40. The van der Waals surface area contributed by atoms with Crippen LogP contribution in [0.2, 0.25) is 5.02 Å². The van der Waals surface area contributed by atoms with Crippen LogP contribution in [-0.4, -0.2) is 41.3 Å². The zero-order valence-electron chi connectivity index (χ0n) is 14.9. The number of amides is 1. The van der Waals surface area contributed by atoms with E-state index in [9.17, 15) is 14.7 Å². The van der Waals surface area contributed by atoms with Gasteiger partial charge in [0.1, 0.15) is 6.61 Å². The number of halogens is 1. The Kier molecular flexibility index (Phi) is 6.65. The number of benzene rings is 2. The third kappa shape index (κ3) is 5.60. The summed E-state index contributed by atoms with van der Waals surface area (Å²) >= 11 is 5.85. The molecule has 0 fully saturated rings. The monoisotopic (exact) mass is 393 g/mol. The number of carbonyl (C=O) groups is 2. The summed E-state index contributed by atoms with van der Waals surface area (Å²) in [6, 6.07) is 11.8. The summed E-state index contributed by atoms with van der Waals surface area (Å²) < 4.78 is 11.0. The van der Waals surface area contributed by atoms with Gasteiger partial charge in [-0.05, 0) is 42.8 Å². The van der Waals surface area contributed by atoms with Gasteiger partial charge < -0.3 is 25.0 Å². The molecular formula is C19H20ClNO6. The van der Waals surface area contributed by atoms with E-state index in [1.54, 1.807) is 18.2 Å². The predicted molar refractivity (Wildman–Crippen MR) is 99.4 cm³/mol. The summed E-state index contributed by atoms with van der Waals surface area (Å²) in [5.41, 5.74) is -0.896. The van der Waals surface area contributed by atoms with Crippen LogP contribution in [0.1, 0.15) is 22.8 Å². The second kappa shape index (κ2) is 8.75. The molecule has 2 rings (SSSR count). The van der Waals surface area contributed by atoms with Gasteiger partial charge >= 0.3 is 5.97 Å². The van der Waals surface area contributed by atoms with Crippen molar-refractivity contribution in [2.75, 3.05) is 13.7 Å². The average Bonchev–Trinajstić information content (AvgIpc) is 2.65. The largest absolute Gasteiger partial charge is 0.493 e. The Morgan fingerprint density at radius 1 is 1.15 bits per heavy atom. The van der Waals surface area contributed by atoms with Gasteiger partial charge in [-0.15, -0.1) is 0 Å². The molecule has 0 heterocycles. The minimum Gasteiger partial charge on any atom is -0.493 e. The normalized spacial score (nSPS) is 12.7. The molecule has 3 N–H and O–H groups in total. The lowest BCUT2D eigenvalue weighted by molar-refractivity contribution is -0.155. The van der Waals surface area contributed by atoms with Crippen LogP contribution in [0.25, 0.3) is 0 Å². The minimum absolute atomic E-state index is 0.242. The summed E-state index contributed by atoms with van der Waals surface area (Å²) in [5.74, 6) is -1.17. The molecule has 0 bridgehead atoms. The summed E-state index contributed by atoms with van der Waals surface area (Å²) in [5, 5.41) is 21.5. The highest BCUT2D eigenvalue weighted by molar-refractivity contribution is 6.30. The van der Waals surface area contributed by atoms with Gasteiger partial charge in [-0.1, -0.05) is 23.7 Å². The van der Waals surface area contributed by atoms with E-state index in [0.717, 1.165) is 12.5 Å². The van der Waals surface area contributed by atoms with Crippen LogP contribution in [0.15, 0.2) is 42.5 Å². The second-order valence-corrected chi connectivity index (χ2v) is 6.48. The van der Waals surface area contributed by atoms with Gasteiger partial charge in [-0.25, -0.2) is 4.79 Å². The maximum absolute atomic E-state index is 12.2. The van der Waals surface area contributed by atoms with Crippen LogP contribution in [0.4, 0.5) is 0 Å². The molecule has 7 nitrogen and oxygen atoms in total. The van der Waals surface area contributed by atoms with Crippen molar-refractivity contribution >= 4 is 23.5 Å². The molecule has 2 aromatic rings. The van der Waals surface area contributed by atoms with E-state index >= 15 is 0 Å². The van der Waals surface area contributed by atoms with E-state index in [0.29, 0.717) is 23.1 Å². The lowest BCUT2D eigenvalue weighted by Gasteiger charge is -2.18. The van der Waals surface area contributed by atoms with Gasteiger partial charge in [-0.2, -0.15) is 0 Å². The smallest absolute Gasteiger partial charge is 0.337 e. The Morgan fingerprint density at radius 2 is 1.81 bits per heavy atom. The van der Waals surface area contributed by atoms with Crippen LogP contribution in [0.3, 0.4) is 0 Å². The molecule has 144 valence electrons. The Hall–Kier alpha value is -2.77. The Balaban J connectivity index is 2.05. The number of carboxylic acids is 1. The molecule has 2 aromatic carbocycles. The highest BCUT2D eigenvalue weighted by Gasteiger charge is 2.30. The molecule has 0 saturated carbocycles. The zero-order chi connectivity index (χ0) is 20.0. The molecule has 0 aromatic heterocycles. The van der Waals surface area contributed by atoms with Crippen LogP contribution >= 0.6 is 11.6 Å². The Bertz CT molecular complexity index is 819. The molecule has 0 aliphatic heterocycles. The SMILES string of the molecule is COc1cc(C(=O)NCC(C)(O)C(=O)O)ccc1OCc1ccc(Cl)cc1. The number of carboxylic acid groups (broad SMARTS) is 1. The zero-order valence-corrected chi connectivity index (χ0v) is 15.6. The van der Waals surface area contributed by atoms with E-state index in [-0.39, 0.29) is 5.56 Å². The quantitative estimate of drug-likeness (QED) is 0.636. The van der Waals surface area contributed by atoms with Crippen molar-refractivity contribution < 1.29 is 29.3 Å². The number of hydrogen-bond donors (Lipinski definition) is 3. The number of rotatable bonds is 8. The molecule has 27 heavy (non-hydrogen) atoms. The molecule has 1 amide bonds. The fourth-order valence-corrected chi connectivity index (χ4v) is 2.23. The predicted octanol–water partition coefficient (Wildman–Crippen LogP) is 2.49. The number of nitrogens with one attached hydrogen (secondary N) is 1. The van der Waals surface area contributed by atoms with E-state index < -0.39 is 24.0 Å². The number of methoxy groups -OCH3 is 1. The van der Waals surface area contributed by atoms with Gasteiger partial charge in [-0.3, -0.25) is 4.79 Å². The summed E-state index contributed by atoms with van der Waals surface area (Å²) in [4.78, 5) is 23.1. The first kappa shape index (κ1) is 20.5. The van der Waals surface area contributed by atoms with Crippen molar-refractivity contribution in [1.82, 2.24) is 5.32 Å². The van der Waals surface area contributed by atoms with Crippen LogP contribution in [0, 0.1) is 0 Å². The first-order valence-electron chi connectivity index (χ1n) is 8.02. The van der Waals surface area contributed by atoms with Crippen molar-refractivity contribution in [2.45, 2.75) is 19.1 Å². The molecule has 1 unspecified atom stereocenters. The molecule has 1 atom stereocenters. The standard InChI is InChI=1S/C19H20ClNO6/c1-19(25,18(23)24)11-21-17(22)13-5-8-15(16(9-13)26-2)27-10-12-3-6-14(20)7-4-12/h3-9,25H,10-11H2,1-2H3,(H,21,22)(H,23,24). The van der Waals surface area contributed by atoms with E-state index in [1.165, 1.54) is 19.2 Å². The van der Waals surface area contributed by atoms with Gasteiger partial charge in [0.05, 0.1) is 13.7 Å². The first-order chi connectivity index (χ1) is 12.7. The Labute approximate surface area is 161 Å². The maximum Gasteiger partial charge on any atom is 0.337 e. The second-order valence-electron chi connectivity index (χ2n) is 6.04. The number of carbonyl (C=O) groups excluding carboxylic acids is 1. The summed E-state index contributed by atoms with van der Waals surface area (Å²) in [6.07, 6.45) is 0. The molecular weight excluding hydrogens is 374 g/mol. The fraction of sp³-hybridized carbons (Fsp3) is 0.263. The summed E-state index contributed by atoms with van der Waals surface area (Å²) in [6.45, 7) is 0.961. The minimum atomic E-state index is -2.05. The van der Waals surface area contributed by atoms with E-state index in [2.05, 4.69) is 5.32 Å². The third-order valence-corrected chi connectivity index (χ3v) is 4.04. The average molecular weight is 394 g/mol. The fourth-order valence-electron chi connectivity index (χ4n) is 2.10. The molecule has 0 saturated heterocycles. The van der Waals surface area contributed by atoms with Gasteiger partial charge in [0.15, 0.2) is 17.1 Å².